The van der Waals surface area contributed by atoms with E-state index >= 15 is 0 Å². The van der Waals surface area contributed by atoms with Crippen LogP contribution in [-0.2, 0) is 6.54 Å². The van der Waals surface area contributed by atoms with E-state index in [0.29, 0.717) is 51.9 Å². The molecule has 4 rings (SSSR count). The number of hydrogen-bond donors (Lipinski definition) is 0. The minimum Gasteiger partial charge on any atom is -0.497 e. The van der Waals surface area contributed by atoms with Gasteiger partial charge in [0.1, 0.15) is 17.2 Å². The number of fused-ring (bicyclic) bond motifs is 1. The van der Waals surface area contributed by atoms with E-state index in [9.17, 15) is 4.79 Å². The maximum Gasteiger partial charge on any atom is 0.259 e. The molecule has 1 amide bonds. The molecule has 0 radical (unpaired) electrons. The second-order valence-corrected chi connectivity index (χ2v) is 6.82. The smallest absolute Gasteiger partial charge is 0.259 e. The zero-order valence-corrected chi connectivity index (χ0v) is 17.1. The Morgan fingerprint density at radius 2 is 2.00 bits per heavy atom. The molecule has 0 unspecified atom stereocenters. The first-order valence-electron chi connectivity index (χ1n) is 9.29. The van der Waals surface area contributed by atoms with E-state index in [1.54, 1.807) is 63.6 Å². The van der Waals surface area contributed by atoms with Gasteiger partial charge in [-0.2, -0.15) is 0 Å². The van der Waals surface area contributed by atoms with Crippen LogP contribution in [0.15, 0.2) is 51.6 Å². The van der Waals surface area contributed by atoms with E-state index < -0.39 is 0 Å². The van der Waals surface area contributed by atoms with Gasteiger partial charge in [0.2, 0.25) is 0 Å². The standard InChI is InChI=1S/C22H21N3O5/c1-13-20-16(11-17(18-6-5-9-29-18)23-21(20)30-24-13)22(26)25(2)12-14-7-8-15(27-3)10-19(14)28-4/h5-11H,12H2,1-4H3. The van der Waals surface area contributed by atoms with Gasteiger partial charge in [-0.3, -0.25) is 4.79 Å². The molecule has 0 bridgehead atoms. The predicted octanol–water partition coefficient (Wildman–Crippen LogP) is 4.08. The van der Waals surface area contributed by atoms with Gasteiger partial charge in [-0.05, 0) is 37.3 Å². The number of furan rings is 1. The molecule has 0 fully saturated rings. The molecular formula is C22H21N3O5. The number of carbonyl (C=O) groups excluding carboxylic acids is 1. The molecule has 4 aromatic rings. The zero-order valence-electron chi connectivity index (χ0n) is 17.1. The number of carbonyl (C=O) groups is 1. The van der Waals surface area contributed by atoms with Gasteiger partial charge in [0, 0.05) is 25.2 Å². The summed E-state index contributed by atoms with van der Waals surface area (Å²) in [5.74, 6) is 1.67. The van der Waals surface area contributed by atoms with Crippen molar-refractivity contribution >= 4 is 17.0 Å². The molecule has 1 aromatic carbocycles. The third-order valence-corrected chi connectivity index (χ3v) is 4.87. The highest BCUT2D eigenvalue weighted by Crippen LogP contribution is 2.30. The summed E-state index contributed by atoms with van der Waals surface area (Å²) in [4.78, 5) is 19.4. The lowest BCUT2D eigenvalue weighted by atomic mass is 10.1. The summed E-state index contributed by atoms with van der Waals surface area (Å²) in [5, 5.41) is 4.57. The molecule has 0 aliphatic rings. The van der Waals surface area contributed by atoms with Gasteiger partial charge >= 0.3 is 0 Å². The lowest BCUT2D eigenvalue weighted by molar-refractivity contribution is 0.0786. The number of pyridine rings is 1. The molecule has 3 aromatic heterocycles. The Kier molecular flexibility index (Phi) is 5.14. The van der Waals surface area contributed by atoms with Crippen molar-refractivity contribution in [3.05, 3.63) is 59.5 Å². The van der Waals surface area contributed by atoms with Crippen LogP contribution in [0.1, 0.15) is 21.6 Å². The molecular weight excluding hydrogens is 386 g/mol. The van der Waals surface area contributed by atoms with Crippen molar-refractivity contribution in [3.8, 4) is 23.0 Å². The monoisotopic (exact) mass is 407 g/mol. The number of benzene rings is 1. The lowest BCUT2D eigenvalue weighted by Crippen LogP contribution is -2.26. The molecule has 0 aliphatic heterocycles. The number of amides is 1. The average Bonchev–Trinajstić information content (AvgIpc) is 3.43. The highest BCUT2D eigenvalue weighted by Gasteiger charge is 2.23. The summed E-state index contributed by atoms with van der Waals surface area (Å²) in [6.07, 6.45) is 1.55. The van der Waals surface area contributed by atoms with Crippen molar-refractivity contribution in [2.24, 2.45) is 0 Å². The maximum absolute atomic E-state index is 13.4. The first-order chi connectivity index (χ1) is 14.5. The average molecular weight is 407 g/mol. The van der Waals surface area contributed by atoms with E-state index in [1.165, 1.54) is 0 Å². The number of nitrogens with zero attached hydrogens (tertiary/aromatic N) is 3. The van der Waals surface area contributed by atoms with E-state index in [0.717, 1.165) is 5.56 Å². The van der Waals surface area contributed by atoms with E-state index in [1.807, 2.05) is 12.1 Å². The quantitative estimate of drug-likeness (QED) is 0.476. The van der Waals surface area contributed by atoms with E-state index in [2.05, 4.69) is 10.1 Å². The highest BCUT2D eigenvalue weighted by molar-refractivity contribution is 6.06. The van der Waals surface area contributed by atoms with Crippen LogP contribution in [0.25, 0.3) is 22.6 Å². The normalized spacial score (nSPS) is 10.9. The SMILES string of the molecule is COc1ccc(CN(C)C(=O)c2cc(-c3ccco3)nc3onc(C)c23)c(OC)c1. The number of rotatable bonds is 6. The molecule has 8 heteroatoms. The molecule has 30 heavy (non-hydrogen) atoms. The third kappa shape index (κ3) is 3.47. The van der Waals surface area contributed by atoms with Crippen molar-refractivity contribution in [1.82, 2.24) is 15.0 Å². The minimum absolute atomic E-state index is 0.195. The van der Waals surface area contributed by atoms with E-state index in [-0.39, 0.29) is 5.91 Å². The molecule has 0 aliphatic carbocycles. The van der Waals surface area contributed by atoms with Gasteiger partial charge in [-0.1, -0.05) is 5.16 Å². The summed E-state index contributed by atoms with van der Waals surface area (Å²) in [6, 6.07) is 10.7. The Morgan fingerprint density at radius 1 is 1.17 bits per heavy atom. The minimum atomic E-state index is -0.195. The summed E-state index contributed by atoms with van der Waals surface area (Å²) in [7, 11) is 4.91. The number of aromatic nitrogens is 2. The van der Waals surface area contributed by atoms with Gasteiger partial charge in [0.15, 0.2) is 5.76 Å². The Balaban J connectivity index is 1.71. The summed E-state index contributed by atoms with van der Waals surface area (Å²) >= 11 is 0. The highest BCUT2D eigenvalue weighted by atomic mass is 16.5. The van der Waals surface area contributed by atoms with Gasteiger partial charge in [0.05, 0.1) is 37.1 Å². The fraction of sp³-hybridized carbons (Fsp3) is 0.227. The number of methoxy groups -OCH3 is 2. The van der Waals surface area contributed by atoms with Gasteiger partial charge in [0.25, 0.3) is 11.6 Å². The maximum atomic E-state index is 13.4. The van der Waals surface area contributed by atoms with E-state index in [4.69, 9.17) is 18.4 Å². The van der Waals surface area contributed by atoms with Crippen LogP contribution in [0.4, 0.5) is 0 Å². The Bertz CT molecular complexity index is 1200. The Morgan fingerprint density at radius 3 is 2.70 bits per heavy atom. The van der Waals surface area contributed by atoms with Crippen molar-refractivity contribution in [2.45, 2.75) is 13.5 Å². The first-order valence-corrected chi connectivity index (χ1v) is 9.29. The Hall–Kier alpha value is -3.81. The summed E-state index contributed by atoms with van der Waals surface area (Å²) in [5.41, 5.74) is 2.69. The largest absolute Gasteiger partial charge is 0.497 e. The van der Waals surface area contributed by atoms with Crippen LogP contribution in [0, 0.1) is 6.92 Å². The molecule has 0 saturated heterocycles. The van der Waals surface area contributed by atoms with Crippen LogP contribution >= 0.6 is 0 Å². The third-order valence-electron chi connectivity index (χ3n) is 4.87. The molecule has 0 spiro atoms. The number of hydrogen-bond acceptors (Lipinski definition) is 7. The van der Waals surface area contributed by atoms with Gasteiger partial charge < -0.3 is 23.3 Å². The second kappa shape index (κ2) is 7.90. The van der Waals surface area contributed by atoms with Crippen molar-refractivity contribution in [1.29, 1.82) is 0 Å². The topological polar surface area (TPSA) is 90.8 Å². The van der Waals surface area contributed by atoms with Crippen LogP contribution in [-0.4, -0.2) is 42.2 Å². The Labute approximate surface area is 173 Å². The lowest BCUT2D eigenvalue weighted by Gasteiger charge is -2.20. The van der Waals surface area contributed by atoms with Gasteiger partial charge in [-0.25, -0.2) is 4.98 Å². The number of aryl methyl sites for hydroxylation is 1. The van der Waals surface area contributed by atoms with Gasteiger partial charge in [-0.15, -0.1) is 0 Å². The molecule has 3 heterocycles. The summed E-state index contributed by atoms with van der Waals surface area (Å²) in [6.45, 7) is 2.12. The fourth-order valence-corrected chi connectivity index (χ4v) is 3.33. The van der Waals surface area contributed by atoms with Crippen molar-refractivity contribution < 1.29 is 23.2 Å². The van der Waals surface area contributed by atoms with Crippen molar-refractivity contribution in [2.75, 3.05) is 21.3 Å². The molecule has 154 valence electrons. The van der Waals surface area contributed by atoms with Crippen LogP contribution < -0.4 is 9.47 Å². The molecule has 0 saturated carbocycles. The van der Waals surface area contributed by atoms with Crippen molar-refractivity contribution in [3.63, 3.8) is 0 Å². The second-order valence-electron chi connectivity index (χ2n) is 6.82. The molecule has 0 N–H and O–H groups in total. The fourth-order valence-electron chi connectivity index (χ4n) is 3.33. The van der Waals surface area contributed by atoms with Crippen LogP contribution in [0.5, 0.6) is 11.5 Å². The number of ether oxygens (including phenoxy) is 2. The summed E-state index contributed by atoms with van der Waals surface area (Å²) < 4.78 is 21.5. The molecule has 0 atom stereocenters. The predicted molar refractivity (Wildman–Crippen MR) is 110 cm³/mol. The zero-order chi connectivity index (χ0) is 21.3. The van der Waals surface area contributed by atoms with Crippen LogP contribution in [0.3, 0.4) is 0 Å². The first kappa shape index (κ1) is 19.5. The molecule has 8 nitrogen and oxygen atoms in total. The van der Waals surface area contributed by atoms with Crippen LogP contribution in [0.2, 0.25) is 0 Å².